The van der Waals surface area contributed by atoms with Crippen LogP contribution < -0.4 is 20.8 Å². The van der Waals surface area contributed by atoms with E-state index in [1.165, 1.54) is 6.21 Å². The highest BCUT2D eigenvalue weighted by atomic mass is 16.5. The van der Waals surface area contributed by atoms with Crippen LogP contribution in [0.5, 0.6) is 5.75 Å². The van der Waals surface area contributed by atoms with E-state index in [0.717, 1.165) is 0 Å². The highest BCUT2D eigenvalue weighted by Crippen LogP contribution is 2.11. The minimum atomic E-state index is -0.509. The van der Waals surface area contributed by atoms with Crippen LogP contribution in [0, 0.1) is 0 Å². The molecule has 0 spiro atoms. The van der Waals surface area contributed by atoms with Crippen LogP contribution in [-0.4, -0.2) is 50.8 Å². The van der Waals surface area contributed by atoms with Crippen molar-refractivity contribution < 1.29 is 23.9 Å². The molecule has 2 rings (SSSR count). The third kappa shape index (κ3) is 10.0. The lowest BCUT2D eigenvalue weighted by atomic mass is 10.2. The van der Waals surface area contributed by atoms with Gasteiger partial charge in [0.1, 0.15) is 12.2 Å². The quantitative estimate of drug-likeness (QED) is 0.207. The second-order valence-corrected chi connectivity index (χ2v) is 6.44. The van der Waals surface area contributed by atoms with Crippen LogP contribution in [0.15, 0.2) is 59.7 Å². The minimum absolute atomic E-state index is 0.119. The van der Waals surface area contributed by atoms with Gasteiger partial charge in [0.05, 0.1) is 6.21 Å². The second-order valence-electron chi connectivity index (χ2n) is 6.44. The van der Waals surface area contributed by atoms with Crippen molar-refractivity contribution in [2.24, 2.45) is 5.10 Å². The van der Waals surface area contributed by atoms with E-state index >= 15 is 0 Å². The van der Waals surface area contributed by atoms with Crippen LogP contribution in [-0.2, 0) is 19.1 Å². The molecule has 0 aliphatic heterocycles. The molecular weight excluding hydrogens is 400 g/mol. The normalized spacial score (nSPS) is 10.5. The summed E-state index contributed by atoms with van der Waals surface area (Å²) in [5.41, 5.74) is 3.72. The lowest BCUT2D eigenvalue weighted by Crippen LogP contribution is -2.30. The van der Waals surface area contributed by atoms with Gasteiger partial charge in [-0.3, -0.25) is 14.4 Å². The maximum atomic E-state index is 11.9. The Morgan fingerprint density at radius 3 is 2.42 bits per heavy atom. The van der Waals surface area contributed by atoms with Gasteiger partial charge in [-0.1, -0.05) is 18.2 Å². The Labute approximate surface area is 180 Å². The van der Waals surface area contributed by atoms with Crippen LogP contribution in [0.25, 0.3) is 0 Å². The van der Waals surface area contributed by atoms with Gasteiger partial charge in [0, 0.05) is 25.9 Å². The topological polar surface area (TPSA) is 118 Å². The first-order valence-electron chi connectivity index (χ1n) is 9.72. The lowest BCUT2D eigenvalue weighted by molar-refractivity contribution is -0.129. The van der Waals surface area contributed by atoms with Crippen LogP contribution in [0.4, 0.5) is 5.69 Å². The number of hydrogen-bond donors (Lipinski definition) is 3. The van der Waals surface area contributed by atoms with Crippen molar-refractivity contribution in [1.29, 1.82) is 0 Å². The number of rotatable bonds is 12. The molecule has 0 saturated heterocycles. The van der Waals surface area contributed by atoms with Gasteiger partial charge in [0.2, 0.25) is 11.8 Å². The first-order valence-corrected chi connectivity index (χ1v) is 9.72. The minimum Gasteiger partial charge on any atom is -0.484 e. The highest BCUT2D eigenvalue weighted by Gasteiger charge is 2.07. The van der Waals surface area contributed by atoms with E-state index in [4.69, 9.17) is 9.47 Å². The number of carbonyl (C=O) groups is 3. The summed E-state index contributed by atoms with van der Waals surface area (Å²) in [6.07, 6.45) is 1.82. The third-order valence-electron chi connectivity index (χ3n) is 3.88. The molecule has 0 saturated carbocycles. The molecule has 2 aromatic rings. The molecule has 31 heavy (non-hydrogen) atoms. The van der Waals surface area contributed by atoms with Crippen molar-refractivity contribution in [3.8, 4) is 5.75 Å². The SMILES string of the molecule is COCCCNC(=O)CC(=O)N/N=C/c1ccc(OCC(=O)Nc2ccccc2)cc1. The van der Waals surface area contributed by atoms with Gasteiger partial charge in [-0.05, 0) is 48.4 Å². The molecule has 0 heterocycles. The number of amides is 3. The monoisotopic (exact) mass is 426 g/mol. The Hall–Kier alpha value is -3.72. The molecule has 0 aliphatic rings. The standard InChI is InChI=1S/C22H26N4O5/c1-30-13-5-12-23-20(27)14-21(28)26-24-15-17-8-10-19(11-9-17)31-16-22(29)25-18-6-3-2-4-7-18/h2-4,6-11,15H,5,12-14,16H2,1H3,(H,23,27)(H,25,29)(H,26,28)/b24-15+. The Morgan fingerprint density at radius 1 is 0.968 bits per heavy atom. The Balaban J connectivity index is 1.67. The van der Waals surface area contributed by atoms with Gasteiger partial charge in [0.25, 0.3) is 5.91 Å². The van der Waals surface area contributed by atoms with Crippen LogP contribution in [0.2, 0.25) is 0 Å². The van der Waals surface area contributed by atoms with Crippen molar-refractivity contribution >= 4 is 29.6 Å². The number of hydrazone groups is 1. The first kappa shape index (κ1) is 23.6. The van der Waals surface area contributed by atoms with Crippen molar-refractivity contribution in [1.82, 2.24) is 10.7 Å². The van der Waals surface area contributed by atoms with Crippen LogP contribution in [0.1, 0.15) is 18.4 Å². The molecule has 0 radical (unpaired) electrons. The number of carbonyl (C=O) groups excluding carboxylic acids is 3. The average molecular weight is 426 g/mol. The van der Waals surface area contributed by atoms with E-state index in [2.05, 4.69) is 21.2 Å². The van der Waals surface area contributed by atoms with E-state index in [9.17, 15) is 14.4 Å². The fourth-order valence-corrected chi connectivity index (χ4v) is 2.39. The van der Waals surface area contributed by atoms with Gasteiger partial charge in [0.15, 0.2) is 6.61 Å². The smallest absolute Gasteiger partial charge is 0.262 e. The summed E-state index contributed by atoms with van der Waals surface area (Å²) in [5, 5.41) is 9.18. The van der Waals surface area contributed by atoms with E-state index in [0.29, 0.717) is 36.6 Å². The van der Waals surface area contributed by atoms with Gasteiger partial charge in [-0.15, -0.1) is 0 Å². The van der Waals surface area contributed by atoms with Crippen molar-refractivity contribution in [2.45, 2.75) is 12.8 Å². The molecule has 2 aromatic carbocycles. The lowest BCUT2D eigenvalue weighted by Gasteiger charge is -2.07. The summed E-state index contributed by atoms with van der Waals surface area (Å²) in [4.78, 5) is 35.2. The molecule has 0 fully saturated rings. The highest BCUT2D eigenvalue weighted by molar-refractivity contribution is 5.97. The van der Waals surface area contributed by atoms with Gasteiger partial charge in [-0.2, -0.15) is 5.10 Å². The zero-order valence-electron chi connectivity index (χ0n) is 17.3. The fraction of sp³-hybridized carbons (Fsp3) is 0.273. The molecule has 0 aromatic heterocycles. The maximum Gasteiger partial charge on any atom is 0.262 e. The van der Waals surface area contributed by atoms with Crippen molar-refractivity contribution in [3.05, 3.63) is 60.2 Å². The largest absolute Gasteiger partial charge is 0.484 e. The van der Waals surface area contributed by atoms with E-state index < -0.39 is 5.91 Å². The van der Waals surface area contributed by atoms with Gasteiger partial charge < -0.3 is 20.1 Å². The first-order chi connectivity index (χ1) is 15.1. The van der Waals surface area contributed by atoms with E-state index in [1.807, 2.05) is 18.2 Å². The molecule has 0 bridgehead atoms. The van der Waals surface area contributed by atoms with Crippen LogP contribution >= 0.6 is 0 Å². The summed E-state index contributed by atoms with van der Waals surface area (Å²) in [5.74, 6) is -0.622. The predicted octanol–water partition coefficient (Wildman–Crippen LogP) is 1.70. The van der Waals surface area contributed by atoms with Gasteiger partial charge in [-0.25, -0.2) is 5.43 Å². The number of nitrogens with one attached hydrogen (secondary N) is 3. The number of benzene rings is 2. The average Bonchev–Trinajstić information content (AvgIpc) is 2.77. The second kappa shape index (κ2) is 13.5. The molecule has 0 unspecified atom stereocenters. The molecule has 3 N–H and O–H groups in total. The van der Waals surface area contributed by atoms with Crippen LogP contribution in [0.3, 0.4) is 0 Å². The number of ether oxygens (including phenoxy) is 2. The van der Waals surface area contributed by atoms with E-state index in [1.54, 1.807) is 43.5 Å². The molecule has 164 valence electrons. The van der Waals surface area contributed by atoms with Gasteiger partial charge >= 0.3 is 0 Å². The zero-order valence-corrected chi connectivity index (χ0v) is 17.3. The number of anilines is 1. The summed E-state index contributed by atoms with van der Waals surface area (Å²) < 4.78 is 10.3. The Kier molecular flexibility index (Phi) is 10.3. The number of hydrogen-bond acceptors (Lipinski definition) is 6. The molecular formula is C22H26N4O5. The Bertz CT molecular complexity index is 869. The molecule has 0 atom stereocenters. The number of nitrogens with zero attached hydrogens (tertiary/aromatic N) is 1. The summed E-state index contributed by atoms with van der Waals surface area (Å²) in [6.45, 7) is 0.874. The zero-order chi connectivity index (χ0) is 22.3. The molecule has 9 nitrogen and oxygen atoms in total. The van der Waals surface area contributed by atoms with E-state index in [-0.39, 0.29) is 24.8 Å². The predicted molar refractivity (Wildman–Crippen MR) is 117 cm³/mol. The Morgan fingerprint density at radius 2 is 1.71 bits per heavy atom. The fourth-order valence-electron chi connectivity index (χ4n) is 2.39. The molecule has 9 heteroatoms. The molecule has 0 aliphatic carbocycles. The summed E-state index contributed by atoms with van der Waals surface area (Å²) in [6, 6.07) is 15.9. The molecule has 3 amide bonds. The summed E-state index contributed by atoms with van der Waals surface area (Å²) >= 11 is 0. The summed E-state index contributed by atoms with van der Waals surface area (Å²) in [7, 11) is 1.58. The maximum absolute atomic E-state index is 11.9. The number of para-hydroxylation sites is 1. The third-order valence-corrected chi connectivity index (χ3v) is 3.88. The van der Waals surface area contributed by atoms with Crippen molar-refractivity contribution in [3.63, 3.8) is 0 Å². The van der Waals surface area contributed by atoms with Crippen molar-refractivity contribution in [2.75, 3.05) is 32.2 Å². The number of methoxy groups -OCH3 is 1.